The zero-order valence-corrected chi connectivity index (χ0v) is 19.9. The lowest BCUT2D eigenvalue weighted by Gasteiger charge is -2.31. The number of hydrogen-bond acceptors (Lipinski definition) is 5. The van der Waals surface area contributed by atoms with E-state index in [1.807, 2.05) is 47.0 Å². The Morgan fingerprint density at radius 1 is 1.09 bits per heavy atom. The molecule has 0 bridgehead atoms. The summed E-state index contributed by atoms with van der Waals surface area (Å²) in [5.74, 6) is 0.575. The molecule has 2 aliphatic heterocycles. The van der Waals surface area contributed by atoms with E-state index >= 15 is 0 Å². The third kappa shape index (κ3) is 4.93. The number of methoxy groups -OCH3 is 1. The maximum Gasteiger partial charge on any atom is 0.274 e. The van der Waals surface area contributed by atoms with Crippen molar-refractivity contribution in [3.63, 3.8) is 0 Å². The monoisotopic (exact) mass is 474 g/mol. The molecule has 35 heavy (non-hydrogen) atoms. The lowest BCUT2D eigenvalue weighted by molar-refractivity contribution is -0.126. The van der Waals surface area contributed by atoms with Crippen molar-refractivity contribution in [2.75, 3.05) is 20.2 Å². The minimum absolute atomic E-state index is 0.0164. The number of fused-ring (bicyclic) bond motifs is 1. The Labute approximate surface area is 204 Å². The second-order valence-electron chi connectivity index (χ2n) is 9.00. The van der Waals surface area contributed by atoms with Crippen LogP contribution in [0.5, 0.6) is 5.75 Å². The number of amides is 2. The summed E-state index contributed by atoms with van der Waals surface area (Å²) in [4.78, 5) is 32.2. The first kappa shape index (κ1) is 23.1. The maximum atomic E-state index is 13.2. The molecule has 1 saturated heterocycles. The van der Waals surface area contributed by atoms with Gasteiger partial charge in [0.25, 0.3) is 5.91 Å². The van der Waals surface area contributed by atoms with E-state index < -0.39 is 0 Å². The normalized spacial score (nSPS) is 18.1. The summed E-state index contributed by atoms with van der Waals surface area (Å²) in [6.45, 7) is 2.47. The Morgan fingerprint density at radius 2 is 1.83 bits per heavy atom. The second kappa shape index (κ2) is 10.3. The number of benzene rings is 2. The largest absolute Gasteiger partial charge is 0.496 e. The van der Waals surface area contributed by atoms with E-state index in [0.717, 1.165) is 22.6 Å². The molecule has 0 radical (unpaired) electrons. The van der Waals surface area contributed by atoms with Crippen LogP contribution in [-0.4, -0.2) is 46.5 Å². The molecule has 0 aliphatic carbocycles. The number of rotatable bonds is 6. The average molecular weight is 475 g/mol. The number of hydrogen-bond donors (Lipinski definition) is 1. The van der Waals surface area contributed by atoms with Gasteiger partial charge in [0.05, 0.1) is 32.3 Å². The summed E-state index contributed by atoms with van der Waals surface area (Å²) in [6, 6.07) is 17.7. The van der Waals surface area contributed by atoms with Crippen molar-refractivity contribution in [1.29, 1.82) is 0 Å². The Balaban J connectivity index is 1.15. The van der Waals surface area contributed by atoms with Crippen LogP contribution in [0.3, 0.4) is 0 Å². The smallest absolute Gasteiger partial charge is 0.274 e. The Morgan fingerprint density at radius 3 is 2.60 bits per heavy atom. The molecule has 2 amide bonds. The Bertz CT molecular complexity index is 1180. The van der Waals surface area contributed by atoms with Gasteiger partial charge in [0.2, 0.25) is 5.91 Å². The molecular weight excluding hydrogens is 444 g/mol. The van der Waals surface area contributed by atoms with E-state index in [-0.39, 0.29) is 23.8 Å². The van der Waals surface area contributed by atoms with Crippen LogP contribution in [0.25, 0.3) is 0 Å². The highest BCUT2D eigenvalue weighted by molar-refractivity contribution is 5.93. The quantitative estimate of drug-likeness (QED) is 0.592. The number of nitrogens with zero attached hydrogens (tertiary/aromatic N) is 3. The van der Waals surface area contributed by atoms with Crippen molar-refractivity contribution in [2.24, 2.45) is 5.92 Å². The van der Waals surface area contributed by atoms with Crippen molar-refractivity contribution in [3.8, 4) is 5.75 Å². The van der Waals surface area contributed by atoms with Crippen LogP contribution in [0.1, 0.15) is 46.3 Å². The first-order valence-electron chi connectivity index (χ1n) is 12.0. The number of aromatic nitrogens is 2. The van der Waals surface area contributed by atoms with E-state index in [1.54, 1.807) is 18.3 Å². The van der Waals surface area contributed by atoms with E-state index in [9.17, 15) is 9.59 Å². The summed E-state index contributed by atoms with van der Waals surface area (Å²) in [5, 5.41) is 3.02. The minimum atomic E-state index is -0.111. The molecule has 0 saturated carbocycles. The van der Waals surface area contributed by atoms with Gasteiger partial charge in [0.1, 0.15) is 11.9 Å². The van der Waals surface area contributed by atoms with E-state index in [0.29, 0.717) is 51.3 Å². The molecule has 2 aromatic carbocycles. The topological polar surface area (TPSA) is 85.7 Å². The summed E-state index contributed by atoms with van der Waals surface area (Å²) < 4.78 is 13.4. The van der Waals surface area contributed by atoms with Crippen molar-refractivity contribution in [1.82, 2.24) is 19.8 Å². The van der Waals surface area contributed by atoms with E-state index in [1.165, 1.54) is 0 Å². The molecule has 8 heteroatoms. The summed E-state index contributed by atoms with van der Waals surface area (Å²) in [5.41, 5.74) is 3.33. The SMILES string of the molecule is COc1ccccc1CNC(=O)C1CCN(C(=O)c2ncn3c2COC(c2ccccc2)C3)CC1. The molecule has 8 nitrogen and oxygen atoms in total. The summed E-state index contributed by atoms with van der Waals surface area (Å²) in [6.07, 6.45) is 2.95. The second-order valence-corrected chi connectivity index (χ2v) is 9.00. The van der Waals surface area contributed by atoms with Crippen LogP contribution in [0.4, 0.5) is 0 Å². The number of carbonyl (C=O) groups excluding carboxylic acids is 2. The van der Waals surface area contributed by atoms with Gasteiger partial charge in [0.15, 0.2) is 5.69 Å². The number of nitrogens with one attached hydrogen (secondary N) is 1. The number of piperidine rings is 1. The molecule has 1 fully saturated rings. The fourth-order valence-corrected chi connectivity index (χ4v) is 4.85. The molecule has 3 aromatic rings. The third-order valence-electron chi connectivity index (χ3n) is 6.90. The molecule has 1 atom stereocenters. The summed E-state index contributed by atoms with van der Waals surface area (Å²) in [7, 11) is 1.62. The Kier molecular flexibility index (Phi) is 6.81. The standard InChI is InChI=1S/C27H30N4O4/c1-34-23-10-6-5-9-21(23)15-28-26(32)20-11-13-30(14-12-20)27(33)25-22-17-35-24(16-31(22)18-29-25)19-7-3-2-4-8-19/h2-10,18,20,24H,11-17H2,1H3,(H,28,32). The van der Waals surface area contributed by atoms with Crippen LogP contribution in [0.2, 0.25) is 0 Å². The number of likely N-dealkylation sites (tertiary alicyclic amines) is 1. The lowest BCUT2D eigenvalue weighted by atomic mass is 9.95. The molecule has 5 rings (SSSR count). The van der Waals surface area contributed by atoms with Gasteiger partial charge >= 0.3 is 0 Å². The van der Waals surface area contributed by atoms with E-state index in [4.69, 9.17) is 9.47 Å². The zero-order valence-electron chi connectivity index (χ0n) is 19.9. The molecule has 2 aliphatic rings. The molecular formula is C27H30N4O4. The van der Waals surface area contributed by atoms with Crippen LogP contribution >= 0.6 is 0 Å². The minimum Gasteiger partial charge on any atom is -0.496 e. The van der Waals surface area contributed by atoms with Gasteiger partial charge in [-0.15, -0.1) is 0 Å². The van der Waals surface area contributed by atoms with Gasteiger partial charge in [-0.3, -0.25) is 9.59 Å². The number of carbonyl (C=O) groups is 2. The van der Waals surface area contributed by atoms with Gasteiger partial charge in [-0.25, -0.2) is 4.98 Å². The van der Waals surface area contributed by atoms with Crippen molar-refractivity contribution in [3.05, 3.63) is 83.4 Å². The number of imidazole rings is 1. The molecule has 1 N–H and O–H groups in total. The van der Waals surface area contributed by atoms with Crippen LogP contribution < -0.4 is 10.1 Å². The van der Waals surface area contributed by atoms with E-state index in [2.05, 4.69) is 22.4 Å². The van der Waals surface area contributed by atoms with Crippen LogP contribution in [-0.2, 0) is 29.2 Å². The average Bonchev–Trinajstić information content (AvgIpc) is 3.35. The highest BCUT2D eigenvalue weighted by atomic mass is 16.5. The molecule has 182 valence electrons. The first-order valence-corrected chi connectivity index (χ1v) is 12.0. The first-order chi connectivity index (χ1) is 17.1. The highest BCUT2D eigenvalue weighted by Crippen LogP contribution is 2.29. The molecule has 1 unspecified atom stereocenters. The third-order valence-corrected chi connectivity index (χ3v) is 6.90. The highest BCUT2D eigenvalue weighted by Gasteiger charge is 2.32. The number of para-hydroxylation sites is 1. The van der Waals surface area contributed by atoms with Gasteiger partial charge in [-0.05, 0) is 24.5 Å². The fraction of sp³-hybridized carbons (Fsp3) is 0.370. The van der Waals surface area contributed by atoms with Gasteiger partial charge in [0, 0.05) is 31.1 Å². The maximum absolute atomic E-state index is 13.2. The van der Waals surface area contributed by atoms with Crippen molar-refractivity contribution in [2.45, 2.75) is 38.6 Å². The molecule has 0 spiro atoms. The fourth-order valence-electron chi connectivity index (χ4n) is 4.85. The van der Waals surface area contributed by atoms with Gasteiger partial charge in [-0.2, -0.15) is 0 Å². The Hall–Kier alpha value is -3.65. The molecule has 1 aromatic heterocycles. The number of ether oxygens (including phenoxy) is 2. The van der Waals surface area contributed by atoms with Crippen LogP contribution in [0, 0.1) is 5.92 Å². The predicted octanol–water partition coefficient (Wildman–Crippen LogP) is 3.33. The van der Waals surface area contributed by atoms with Gasteiger partial charge < -0.3 is 24.3 Å². The predicted molar refractivity (Wildman–Crippen MR) is 130 cm³/mol. The lowest BCUT2D eigenvalue weighted by Crippen LogP contribution is -2.43. The van der Waals surface area contributed by atoms with Crippen LogP contribution in [0.15, 0.2) is 60.9 Å². The molecule has 3 heterocycles. The van der Waals surface area contributed by atoms with Crippen molar-refractivity contribution >= 4 is 11.8 Å². The zero-order chi connectivity index (χ0) is 24.2. The van der Waals surface area contributed by atoms with Gasteiger partial charge in [-0.1, -0.05) is 48.5 Å². The summed E-state index contributed by atoms with van der Waals surface area (Å²) >= 11 is 0. The van der Waals surface area contributed by atoms with Crippen molar-refractivity contribution < 1.29 is 19.1 Å².